The molecule has 4 nitrogen and oxygen atoms in total. The number of carbonyl (C=O) groups is 1. The minimum absolute atomic E-state index is 0.333. The van der Waals surface area contributed by atoms with Crippen molar-refractivity contribution in [2.45, 2.75) is 6.92 Å². The summed E-state index contributed by atoms with van der Waals surface area (Å²) in [5, 5.41) is 0. The molecule has 0 aliphatic rings. The Morgan fingerprint density at radius 1 is 1.25 bits per heavy atom. The molecule has 104 valence electrons. The molecule has 2 aromatic carbocycles. The van der Waals surface area contributed by atoms with Crippen molar-refractivity contribution in [2.24, 2.45) is 0 Å². The van der Waals surface area contributed by atoms with Gasteiger partial charge < -0.3 is 15.2 Å². The summed E-state index contributed by atoms with van der Waals surface area (Å²) in [6.07, 6.45) is 0. The first-order chi connectivity index (χ1) is 9.60. The van der Waals surface area contributed by atoms with Gasteiger partial charge in [0, 0.05) is 3.57 Å². The summed E-state index contributed by atoms with van der Waals surface area (Å²) in [4.78, 5) is 11.6. The highest BCUT2D eigenvalue weighted by Gasteiger charge is 2.10. The lowest BCUT2D eigenvalue weighted by Gasteiger charge is -2.10. The van der Waals surface area contributed by atoms with E-state index in [1.807, 2.05) is 24.3 Å². The normalized spacial score (nSPS) is 10.1. The Labute approximate surface area is 131 Å². The van der Waals surface area contributed by atoms with Crippen molar-refractivity contribution >= 4 is 34.2 Å². The van der Waals surface area contributed by atoms with Crippen molar-refractivity contribution in [3.63, 3.8) is 0 Å². The van der Waals surface area contributed by atoms with Crippen molar-refractivity contribution in [1.82, 2.24) is 0 Å². The number of halogens is 1. The number of benzene rings is 2. The Bertz CT molecular complexity index is 628. The van der Waals surface area contributed by atoms with Crippen LogP contribution in [0.25, 0.3) is 0 Å². The first-order valence-corrected chi connectivity index (χ1v) is 7.18. The van der Waals surface area contributed by atoms with E-state index in [-0.39, 0.29) is 5.97 Å². The smallest absolute Gasteiger partial charge is 0.338 e. The van der Waals surface area contributed by atoms with Crippen LogP contribution in [0.2, 0.25) is 0 Å². The van der Waals surface area contributed by atoms with Crippen LogP contribution in [0.15, 0.2) is 42.5 Å². The fraction of sp³-hybridized carbons (Fsp3) is 0.133. The van der Waals surface area contributed by atoms with Crippen LogP contribution in [0.1, 0.15) is 17.3 Å². The van der Waals surface area contributed by atoms with Crippen LogP contribution in [-0.2, 0) is 4.74 Å². The third kappa shape index (κ3) is 3.63. The largest absolute Gasteiger partial charge is 0.462 e. The maximum atomic E-state index is 11.6. The van der Waals surface area contributed by atoms with Crippen LogP contribution in [0.5, 0.6) is 11.5 Å². The Balaban J connectivity index is 2.20. The van der Waals surface area contributed by atoms with Crippen LogP contribution >= 0.6 is 22.6 Å². The Hall–Kier alpha value is -1.76. The van der Waals surface area contributed by atoms with Crippen LogP contribution in [0.3, 0.4) is 0 Å². The molecular weight excluding hydrogens is 369 g/mol. The van der Waals surface area contributed by atoms with Gasteiger partial charge in [0.2, 0.25) is 0 Å². The molecule has 0 heterocycles. The molecule has 2 aromatic rings. The summed E-state index contributed by atoms with van der Waals surface area (Å²) < 4.78 is 11.7. The Morgan fingerprint density at radius 2 is 2.05 bits per heavy atom. The SMILES string of the molecule is CCOC(=O)c1ccc(Oc2cccc(I)c2)c(N)c1. The second-order valence-electron chi connectivity index (χ2n) is 4.03. The molecule has 0 atom stereocenters. The molecule has 0 amide bonds. The lowest BCUT2D eigenvalue weighted by atomic mass is 10.2. The van der Waals surface area contributed by atoms with Gasteiger partial charge in [-0.3, -0.25) is 0 Å². The molecule has 2 N–H and O–H groups in total. The standard InChI is InChI=1S/C15H14INO3/c1-2-19-15(18)10-6-7-14(13(17)8-10)20-12-5-3-4-11(16)9-12/h3-9H,2,17H2,1H3. The van der Waals surface area contributed by atoms with E-state index in [1.165, 1.54) is 0 Å². The molecule has 0 saturated heterocycles. The zero-order valence-electron chi connectivity index (χ0n) is 10.9. The summed E-state index contributed by atoms with van der Waals surface area (Å²) in [5.74, 6) is 0.826. The lowest BCUT2D eigenvalue weighted by molar-refractivity contribution is 0.0526. The minimum Gasteiger partial charge on any atom is -0.462 e. The fourth-order valence-electron chi connectivity index (χ4n) is 1.64. The summed E-state index contributed by atoms with van der Waals surface area (Å²) >= 11 is 2.21. The Kier molecular flexibility index (Phi) is 4.84. The summed E-state index contributed by atoms with van der Waals surface area (Å²) in [6, 6.07) is 12.5. The van der Waals surface area contributed by atoms with Crippen molar-refractivity contribution in [3.05, 3.63) is 51.6 Å². The average Bonchev–Trinajstić information content (AvgIpc) is 2.41. The molecule has 0 unspecified atom stereocenters. The summed E-state index contributed by atoms with van der Waals surface area (Å²) in [5.41, 5.74) is 6.72. The Morgan fingerprint density at radius 3 is 2.70 bits per heavy atom. The van der Waals surface area contributed by atoms with Gasteiger partial charge in [-0.1, -0.05) is 6.07 Å². The quantitative estimate of drug-likeness (QED) is 0.495. The number of ether oxygens (including phenoxy) is 2. The van der Waals surface area contributed by atoms with E-state index in [1.54, 1.807) is 25.1 Å². The van der Waals surface area contributed by atoms with Crippen molar-refractivity contribution in [1.29, 1.82) is 0 Å². The lowest BCUT2D eigenvalue weighted by Crippen LogP contribution is -2.05. The van der Waals surface area contributed by atoms with E-state index in [9.17, 15) is 4.79 Å². The minimum atomic E-state index is -0.389. The van der Waals surface area contributed by atoms with E-state index in [4.69, 9.17) is 15.2 Å². The molecule has 2 rings (SSSR count). The van der Waals surface area contributed by atoms with Gasteiger partial charge in [0.25, 0.3) is 0 Å². The van der Waals surface area contributed by atoms with Crippen LogP contribution in [0, 0.1) is 3.57 Å². The van der Waals surface area contributed by atoms with Gasteiger partial charge in [0.15, 0.2) is 0 Å². The number of rotatable bonds is 4. The van der Waals surface area contributed by atoms with Gasteiger partial charge >= 0.3 is 5.97 Å². The highest BCUT2D eigenvalue weighted by molar-refractivity contribution is 14.1. The average molecular weight is 383 g/mol. The van der Waals surface area contributed by atoms with Crippen molar-refractivity contribution < 1.29 is 14.3 Å². The molecule has 0 bridgehead atoms. The highest BCUT2D eigenvalue weighted by Crippen LogP contribution is 2.29. The topological polar surface area (TPSA) is 61.5 Å². The molecule has 0 radical (unpaired) electrons. The van der Waals surface area contributed by atoms with Gasteiger partial charge in [0.05, 0.1) is 17.9 Å². The zero-order chi connectivity index (χ0) is 14.5. The molecule has 0 spiro atoms. The zero-order valence-corrected chi connectivity index (χ0v) is 13.1. The predicted octanol–water partition coefficient (Wildman–Crippen LogP) is 3.84. The molecule has 0 aromatic heterocycles. The number of hydrogen-bond donors (Lipinski definition) is 1. The van der Waals surface area contributed by atoms with Gasteiger partial charge in [-0.05, 0) is 65.9 Å². The van der Waals surface area contributed by atoms with Gasteiger partial charge in [-0.2, -0.15) is 0 Å². The molecule has 0 aliphatic carbocycles. The third-order valence-corrected chi connectivity index (χ3v) is 3.22. The summed E-state index contributed by atoms with van der Waals surface area (Å²) in [7, 11) is 0. The van der Waals surface area contributed by atoms with Crippen LogP contribution < -0.4 is 10.5 Å². The van der Waals surface area contributed by atoms with E-state index in [0.29, 0.717) is 29.4 Å². The van der Waals surface area contributed by atoms with Gasteiger partial charge in [-0.25, -0.2) is 4.79 Å². The number of anilines is 1. The van der Waals surface area contributed by atoms with Crippen molar-refractivity contribution in [3.8, 4) is 11.5 Å². The molecule has 0 saturated carbocycles. The second-order valence-corrected chi connectivity index (χ2v) is 5.28. The molecule has 20 heavy (non-hydrogen) atoms. The van der Waals surface area contributed by atoms with E-state index in [0.717, 1.165) is 3.57 Å². The van der Waals surface area contributed by atoms with Gasteiger partial charge in [0.1, 0.15) is 11.5 Å². The maximum Gasteiger partial charge on any atom is 0.338 e. The van der Waals surface area contributed by atoms with E-state index >= 15 is 0 Å². The number of nitrogens with two attached hydrogens (primary N) is 1. The van der Waals surface area contributed by atoms with Crippen LogP contribution in [0.4, 0.5) is 5.69 Å². The number of nitrogen functional groups attached to an aromatic ring is 1. The molecular formula is C15H14INO3. The first-order valence-electron chi connectivity index (χ1n) is 6.10. The number of esters is 1. The fourth-order valence-corrected chi connectivity index (χ4v) is 2.15. The van der Waals surface area contributed by atoms with Gasteiger partial charge in [-0.15, -0.1) is 0 Å². The molecule has 5 heteroatoms. The maximum absolute atomic E-state index is 11.6. The van der Waals surface area contributed by atoms with E-state index in [2.05, 4.69) is 22.6 Å². The van der Waals surface area contributed by atoms with Crippen LogP contribution in [-0.4, -0.2) is 12.6 Å². The second kappa shape index (κ2) is 6.60. The summed E-state index contributed by atoms with van der Waals surface area (Å²) in [6.45, 7) is 2.09. The van der Waals surface area contributed by atoms with E-state index < -0.39 is 0 Å². The predicted molar refractivity (Wildman–Crippen MR) is 86.0 cm³/mol. The third-order valence-electron chi connectivity index (χ3n) is 2.54. The monoisotopic (exact) mass is 383 g/mol. The first kappa shape index (κ1) is 14.6. The highest BCUT2D eigenvalue weighted by atomic mass is 127. The van der Waals surface area contributed by atoms with Crippen molar-refractivity contribution in [2.75, 3.05) is 12.3 Å². The molecule has 0 fully saturated rings. The number of hydrogen-bond acceptors (Lipinski definition) is 4. The molecule has 0 aliphatic heterocycles. The number of carbonyl (C=O) groups excluding carboxylic acids is 1.